The smallest absolute Gasteiger partial charge is 0.0628 e. The Labute approximate surface area is 127 Å². The minimum Gasteiger partial charge on any atom is -0.310 e. The zero-order chi connectivity index (χ0) is 15.4. The fourth-order valence-electron chi connectivity index (χ4n) is 2.83. The normalized spacial score (nSPS) is 12.8. The topological polar surface area (TPSA) is 47.7 Å². The molecule has 0 aliphatic heterocycles. The lowest BCUT2D eigenvalue weighted by Gasteiger charge is -2.16. The Balaban J connectivity index is 2.09. The molecule has 0 spiro atoms. The van der Waals surface area contributed by atoms with E-state index < -0.39 is 0 Å². The molecule has 0 amide bonds. The Morgan fingerprint density at radius 3 is 2.57 bits per heavy atom. The molecule has 1 atom stereocenters. The highest BCUT2D eigenvalue weighted by Gasteiger charge is 2.15. The third-order valence-corrected chi connectivity index (χ3v) is 4.17. The molecule has 0 radical (unpaired) electrons. The van der Waals surface area contributed by atoms with Crippen molar-refractivity contribution in [3.8, 4) is 0 Å². The minimum absolute atomic E-state index is 0.356. The molecule has 2 aromatic heterocycles. The SMILES string of the molecule is CCNC(CCc1c(C)nn(C)c1C)c1cnn(CC)c1. The first-order valence-corrected chi connectivity index (χ1v) is 7.81. The van der Waals surface area contributed by atoms with Gasteiger partial charge in [-0.05, 0) is 45.7 Å². The molecule has 0 aliphatic carbocycles. The molecule has 0 aliphatic rings. The molecular weight excluding hydrogens is 262 g/mol. The molecule has 0 saturated carbocycles. The average Bonchev–Trinajstić information content (AvgIpc) is 3.02. The Hall–Kier alpha value is -1.62. The van der Waals surface area contributed by atoms with Gasteiger partial charge in [0.1, 0.15) is 0 Å². The standard InChI is InChI=1S/C16H27N5/c1-6-17-16(14-10-18-21(7-2)11-14)9-8-15-12(3)19-20(5)13(15)4/h10-11,16-17H,6-9H2,1-5H3. The fourth-order valence-corrected chi connectivity index (χ4v) is 2.83. The number of aryl methyl sites for hydroxylation is 3. The van der Waals surface area contributed by atoms with Crippen molar-refractivity contribution in [2.75, 3.05) is 6.54 Å². The molecule has 116 valence electrons. The third-order valence-electron chi connectivity index (χ3n) is 4.17. The van der Waals surface area contributed by atoms with Gasteiger partial charge in [0.15, 0.2) is 0 Å². The highest BCUT2D eigenvalue weighted by Crippen LogP contribution is 2.21. The maximum atomic E-state index is 4.50. The van der Waals surface area contributed by atoms with Crippen molar-refractivity contribution in [1.29, 1.82) is 0 Å². The highest BCUT2D eigenvalue weighted by atomic mass is 15.3. The van der Waals surface area contributed by atoms with E-state index in [1.807, 2.05) is 22.6 Å². The number of hydrogen-bond acceptors (Lipinski definition) is 3. The summed E-state index contributed by atoms with van der Waals surface area (Å²) in [5, 5.41) is 12.5. The van der Waals surface area contributed by atoms with Crippen LogP contribution < -0.4 is 5.32 Å². The van der Waals surface area contributed by atoms with Gasteiger partial charge in [-0.15, -0.1) is 0 Å². The number of rotatable bonds is 7. The predicted octanol–water partition coefficient (Wildman–Crippen LogP) is 2.54. The summed E-state index contributed by atoms with van der Waals surface area (Å²) in [5.41, 5.74) is 5.07. The second kappa shape index (κ2) is 6.89. The number of nitrogens with zero attached hydrogens (tertiary/aromatic N) is 4. The summed E-state index contributed by atoms with van der Waals surface area (Å²) in [7, 11) is 2.01. The molecule has 2 rings (SSSR count). The quantitative estimate of drug-likeness (QED) is 0.852. The minimum atomic E-state index is 0.356. The molecule has 1 N–H and O–H groups in total. The molecule has 21 heavy (non-hydrogen) atoms. The third kappa shape index (κ3) is 3.53. The fraction of sp³-hybridized carbons (Fsp3) is 0.625. The summed E-state index contributed by atoms with van der Waals surface area (Å²) >= 11 is 0. The van der Waals surface area contributed by atoms with Crippen molar-refractivity contribution < 1.29 is 0 Å². The van der Waals surface area contributed by atoms with Crippen LogP contribution in [0.2, 0.25) is 0 Å². The van der Waals surface area contributed by atoms with E-state index in [0.717, 1.165) is 31.6 Å². The summed E-state index contributed by atoms with van der Waals surface area (Å²) in [6, 6.07) is 0.356. The van der Waals surface area contributed by atoms with E-state index >= 15 is 0 Å². The summed E-state index contributed by atoms with van der Waals surface area (Å²) in [5.74, 6) is 0. The van der Waals surface area contributed by atoms with Crippen LogP contribution in [0.15, 0.2) is 12.4 Å². The van der Waals surface area contributed by atoms with Gasteiger partial charge < -0.3 is 5.32 Å². The Kier molecular flexibility index (Phi) is 5.17. The number of hydrogen-bond donors (Lipinski definition) is 1. The number of nitrogens with one attached hydrogen (secondary N) is 1. The second-order valence-corrected chi connectivity index (χ2v) is 5.55. The van der Waals surface area contributed by atoms with Gasteiger partial charge in [-0.3, -0.25) is 9.36 Å². The van der Waals surface area contributed by atoms with Gasteiger partial charge in [-0.25, -0.2) is 0 Å². The first kappa shape index (κ1) is 15.8. The highest BCUT2D eigenvalue weighted by molar-refractivity contribution is 5.25. The first-order chi connectivity index (χ1) is 10.1. The van der Waals surface area contributed by atoms with Crippen LogP contribution in [0.1, 0.15) is 48.8 Å². The Morgan fingerprint density at radius 2 is 2.05 bits per heavy atom. The lowest BCUT2D eigenvalue weighted by atomic mass is 10.00. The molecule has 5 heteroatoms. The molecule has 0 fully saturated rings. The van der Waals surface area contributed by atoms with Gasteiger partial charge in [-0.2, -0.15) is 10.2 Å². The first-order valence-electron chi connectivity index (χ1n) is 7.81. The maximum absolute atomic E-state index is 4.50. The Morgan fingerprint density at radius 1 is 1.29 bits per heavy atom. The van der Waals surface area contributed by atoms with E-state index in [0.29, 0.717) is 6.04 Å². The van der Waals surface area contributed by atoms with E-state index in [1.54, 1.807) is 0 Å². The van der Waals surface area contributed by atoms with E-state index in [1.165, 1.54) is 16.8 Å². The maximum Gasteiger partial charge on any atom is 0.0628 e. The molecule has 1 unspecified atom stereocenters. The van der Waals surface area contributed by atoms with Crippen LogP contribution in [0.4, 0.5) is 0 Å². The molecule has 0 aromatic carbocycles. The van der Waals surface area contributed by atoms with Crippen LogP contribution in [-0.4, -0.2) is 26.1 Å². The van der Waals surface area contributed by atoms with E-state index in [-0.39, 0.29) is 0 Å². The van der Waals surface area contributed by atoms with Gasteiger partial charge in [-0.1, -0.05) is 6.92 Å². The summed E-state index contributed by atoms with van der Waals surface area (Å²) in [6.07, 6.45) is 6.24. The van der Waals surface area contributed by atoms with Crippen LogP contribution in [0.25, 0.3) is 0 Å². The van der Waals surface area contributed by atoms with E-state index in [4.69, 9.17) is 0 Å². The van der Waals surface area contributed by atoms with Gasteiger partial charge in [0.05, 0.1) is 11.9 Å². The lowest BCUT2D eigenvalue weighted by molar-refractivity contribution is 0.513. The second-order valence-electron chi connectivity index (χ2n) is 5.55. The van der Waals surface area contributed by atoms with Crippen LogP contribution in [0, 0.1) is 13.8 Å². The van der Waals surface area contributed by atoms with Gasteiger partial charge in [0.25, 0.3) is 0 Å². The van der Waals surface area contributed by atoms with Gasteiger partial charge >= 0.3 is 0 Å². The Bertz CT molecular complexity index is 582. The predicted molar refractivity (Wildman–Crippen MR) is 85.3 cm³/mol. The van der Waals surface area contributed by atoms with E-state index in [2.05, 4.69) is 49.4 Å². The van der Waals surface area contributed by atoms with Crippen molar-refractivity contribution in [3.05, 3.63) is 34.9 Å². The van der Waals surface area contributed by atoms with Crippen molar-refractivity contribution in [1.82, 2.24) is 24.9 Å². The van der Waals surface area contributed by atoms with Crippen molar-refractivity contribution in [2.45, 2.75) is 53.1 Å². The number of aromatic nitrogens is 4. The lowest BCUT2D eigenvalue weighted by Crippen LogP contribution is -2.21. The molecular formula is C16H27N5. The summed E-state index contributed by atoms with van der Waals surface area (Å²) < 4.78 is 3.96. The molecule has 5 nitrogen and oxygen atoms in total. The molecule has 0 bridgehead atoms. The van der Waals surface area contributed by atoms with Crippen LogP contribution in [0.3, 0.4) is 0 Å². The van der Waals surface area contributed by atoms with Crippen LogP contribution in [-0.2, 0) is 20.0 Å². The van der Waals surface area contributed by atoms with Crippen LogP contribution >= 0.6 is 0 Å². The largest absolute Gasteiger partial charge is 0.310 e. The molecule has 2 heterocycles. The summed E-state index contributed by atoms with van der Waals surface area (Å²) in [4.78, 5) is 0. The molecule has 2 aromatic rings. The zero-order valence-corrected chi connectivity index (χ0v) is 13.8. The van der Waals surface area contributed by atoms with E-state index in [9.17, 15) is 0 Å². The van der Waals surface area contributed by atoms with Gasteiger partial charge in [0, 0.05) is 37.1 Å². The monoisotopic (exact) mass is 289 g/mol. The van der Waals surface area contributed by atoms with Crippen molar-refractivity contribution in [3.63, 3.8) is 0 Å². The average molecular weight is 289 g/mol. The van der Waals surface area contributed by atoms with Crippen molar-refractivity contribution in [2.24, 2.45) is 7.05 Å². The summed E-state index contributed by atoms with van der Waals surface area (Å²) in [6.45, 7) is 10.4. The van der Waals surface area contributed by atoms with Gasteiger partial charge in [0.2, 0.25) is 0 Å². The molecule has 0 saturated heterocycles. The van der Waals surface area contributed by atoms with Crippen molar-refractivity contribution >= 4 is 0 Å². The van der Waals surface area contributed by atoms with Crippen LogP contribution in [0.5, 0.6) is 0 Å². The zero-order valence-electron chi connectivity index (χ0n) is 13.8.